The maximum atomic E-state index is 12.4. The number of fused-ring (bicyclic) bond motifs is 1. The molecule has 0 spiro atoms. The van der Waals surface area contributed by atoms with Crippen molar-refractivity contribution < 1.29 is 0 Å². The molecule has 0 atom stereocenters. The van der Waals surface area contributed by atoms with Gasteiger partial charge in [-0.2, -0.15) is 0 Å². The van der Waals surface area contributed by atoms with Gasteiger partial charge < -0.3 is 4.98 Å². The lowest BCUT2D eigenvalue weighted by Crippen LogP contribution is -2.23. The van der Waals surface area contributed by atoms with E-state index in [0.717, 1.165) is 12.8 Å². The number of rotatable bonds is 3. The summed E-state index contributed by atoms with van der Waals surface area (Å²) in [6.07, 6.45) is 3.51. The predicted molar refractivity (Wildman–Crippen MR) is 76.5 cm³/mol. The van der Waals surface area contributed by atoms with E-state index in [1.165, 1.54) is 21.6 Å². The van der Waals surface area contributed by atoms with Crippen LogP contribution in [0.25, 0.3) is 11.2 Å². The molecule has 1 aliphatic carbocycles. The van der Waals surface area contributed by atoms with E-state index in [2.05, 4.69) is 25.3 Å². The van der Waals surface area contributed by atoms with Crippen molar-refractivity contribution in [3.05, 3.63) is 44.6 Å². The first kappa shape index (κ1) is 12.9. The van der Waals surface area contributed by atoms with Crippen LogP contribution in [0, 0.1) is 0 Å². The molecule has 0 amide bonds. The third-order valence-electron chi connectivity index (χ3n) is 3.69. The Morgan fingerprint density at radius 3 is 2.95 bits per heavy atom. The Labute approximate surface area is 123 Å². The lowest BCUT2D eigenvalue weighted by Gasteiger charge is -2.06. The molecule has 3 heterocycles. The van der Waals surface area contributed by atoms with Gasteiger partial charge in [0.15, 0.2) is 11.2 Å². The van der Waals surface area contributed by atoms with Gasteiger partial charge in [0, 0.05) is 19.0 Å². The van der Waals surface area contributed by atoms with Crippen LogP contribution in [0.2, 0.25) is 0 Å². The van der Waals surface area contributed by atoms with Crippen LogP contribution in [0.4, 0.5) is 0 Å². The van der Waals surface area contributed by atoms with E-state index >= 15 is 0 Å². The fourth-order valence-electron chi connectivity index (χ4n) is 2.39. The summed E-state index contributed by atoms with van der Waals surface area (Å²) in [5.74, 6) is 1.04. The summed E-state index contributed by atoms with van der Waals surface area (Å²) >= 11 is 0. The van der Waals surface area contributed by atoms with E-state index in [-0.39, 0.29) is 23.2 Å². The van der Waals surface area contributed by atoms with Crippen LogP contribution in [-0.4, -0.2) is 34.5 Å². The van der Waals surface area contributed by atoms with E-state index in [1.54, 1.807) is 7.05 Å². The first-order chi connectivity index (χ1) is 10.6. The molecule has 4 rings (SSSR count). The predicted octanol–water partition coefficient (Wildman–Crippen LogP) is -0.466. The zero-order valence-corrected chi connectivity index (χ0v) is 11.9. The van der Waals surface area contributed by atoms with Gasteiger partial charge in [-0.25, -0.2) is 14.6 Å². The highest BCUT2D eigenvalue weighted by Gasteiger charge is 2.26. The summed E-state index contributed by atoms with van der Waals surface area (Å²) in [5, 5.41) is 7.61. The van der Waals surface area contributed by atoms with E-state index < -0.39 is 0 Å². The van der Waals surface area contributed by atoms with Gasteiger partial charge in [-0.1, -0.05) is 5.21 Å². The summed E-state index contributed by atoms with van der Waals surface area (Å²) in [6.45, 7) is 0.183. The van der Waals surface area contributed by atoms with Gasteiger partial charge in [0.1, 0.15) is 12.2 Å². The highest BCUT2D eigenvalue weighted by molar-refractivity contribution is 5.67. The van der Waals surface area contributed by atoms with E-state index in [1.807, 2.05) is 0 Å². The van der Waals surface area contributed by atoms with Gasteiger partial charge in [0.2, 0.25) is 0 Å². The Morgan fingerprint density at radius 2 is 2.18 bits per heavy atom. The molecule has 0 aliphatic heterocycles. The van der Waals surface area contributed by atoms with Gasteiger partial charge in [0.25, 0.3) is 11.1 Å². The normalized spacial score (nSPS) is 14.6. The molecule has 1 aliphatic rings. The number of nitrogens with zero attached hydrogens (tertiary/aromatic N) is 6. The molecular formula is C13H13N7O2. The molecule has 1 fully saturated rings. The van der Waals surface area contributed by atoms with Crippen molar-refractivity contribution in [2.45, 2.75) is 25.3 Å². The molecule has 3 aromatic rings. The van der Waals surface area contributed by atoms with E-state index in [0.29, 0.717) is 23.1 Å². The quantitative estimate of drug-likeness (QED) is 0.700. The average molecular weight is 299 g/mol. The number of hydrogen-bond donors (Lipinski definition) is 1. The molecule has 9 heteroatoms. The smallest absolute Gasteiger partial charge is 0.283 e. The van der Waals surface area contributed by atoms with Crippen molar-refractivity contribution in [3.8, 4) is 0 Å². The number of hydrogen-bond acceptors (Lipinski definition) is 6. The van der Waals surface area contributed by atoms with Crippen LogP contribution in [0.1, 0.15) is 30.3 Å². The van der Waals surface area contributed by atoms with Crippen molar-refractivity contribution in [1.82, 2.24) is 34.5 Å². The molecule has 0 bridgehead atoms. The Morgan fingerprint density at radius 1 is 1.36 bits per heavy atom. The Balaban J connectivity index is 1.76. The minimum atomic E-state index is -0.298. The van der Waals surface area contributed by atoms with Gasteiger partial charge in [-0.05, 0) is 12.8 Å². The molecule has 112 valence electrons. The zero-order chi connectivity index (χ0) is 15.3. The number of H-pyrrole nitrogens is 1. The first-order valence-corrected chi connectivity index (χ1v) is 6.97. The lowest BCUT2D eigenvalue weighted by atomic mass is 10.3. The van der Waals surface area contributed by atoms with Gasteiger partial charge in [-0.15, -0.1) is 5.10 Å². The van der Waals surface area contributed by atoms with Crippen LogP contribution in [0.3, 0.4) is 0 Å². The highest BCUT2D eigenvalue weighted by Crippen LogP contribution is 2.37. The van der Waals surface area contributed by atoms with Gasteiger partial charge in [-0.3, -0.25) is 14.2 Å². The summed E-state index contributed by atoms with van der Waals surface area (Å²) in [4.78, 5) is 35.4. The maximum Gasteiger partial charge on any atom is 0.283 e. The topological polar surface area (TPSA) is 111 Å². The number of aryl methyl sites for hydroxylation is 1. The second-order valence-electron chi connectivity index (χ2n) is 5.46. The molecule has 0 unspecified atom stereocenters. The zero-order valence-electron chi connectivity index (χ0n) is 11.9. The second kappa shape index (κ2) is 4.58. The summed E-state index contributed by atoms with van der Waals surface area (Å²) in [5.41, 5.74) is 0.676. The van der Waals surface area contributed by atoms with E-state index in [4.69, 9.17) is 0 Å². The summed E-state index contributed by atoms with van der Waals surface area (Å²) in [6, 6.07) is 1.40. The first-order valence-electron chi connectivity index (χ1n) is 6.97. The molecule has 1 saturated carbocycles. The second-order valence-corrected chi connectivity index (χ2v) is 5.46. The average Bonchev–Trinajstić information content (AvgIpc) is 3.26. The van der Waals surface area contributed by atoms with Crippen molar-refractivity contribution in [2.75, 3.05) is 0 Å². The Hall–Kier alpha value is -2.84. The largest absolute Gasteiger partial charge is 0.310 e. The van der Waals surface area contributed by atoms with Gasteiger partial charge in [0.05, 0.1) is 12.2 Å². The fraction of sp³-hybridized carbons (Fsp3) is 0.385. The molecule has 1 N–H and O–H groups in total. The molecule has 0 aromatic carbocycles. The maximum absolute atomic E-state index is 12.4. The van der Waals surface area contributed by atoms with E-state index in [9.17, 15) is 9.59 Å². The van der Waals surface area contributed by atoms with Crippen LogP contribution < -0.4 is 11.1 Å². The fourth-order valence-corrected chi connectivity index (χ4v) is 2.39. The summed E-state index contributed by atoms with van der Waals surface area (Å²) < 4.78 is 2.83. The van der Waals surface area contributed by atoms with Crippen molar-refractivity contribution in [3.63, 3.8) is 0 Å². The number of aromatic amines is 1. The number of aromatic nitrogens is 7. The highest BCUT2D eigenvalue weighted by atomic mass is 16.1. The molecule has 0 radical (unpaired) electrons. The minimum Gasteiger partial charge on any atom is -0.310 e. The van der Waals surface area contributed by atoms with Crippen LogP contribution >= 0.6 is 0 Å². The van der Waals surface area contributed by atoms with Crippen molar-refractivity contribution in [1.29, 1.82) is 0 Å². The lowest BCUT2D eigenvalue weighted by molar-refractivity contribution is 0.708. The summed E-state index contributed by atoms with van der Waals surface area (Å²) in [7, 11) is 1.67. The molecule has 3 aromatic heterocycles. The monoisotopic (exact) mass is 299 g/mol. The van der Waals surface area contributed by atoms with Crippen molar-refractivity contribution in [2.24, 2.45) is 7.05 Å². The minimum absolute atomic E-state index is 0.183. The van der Waals surface area contributed by atoms with Gasteiger partial charge >= 0.3 is 0 Å². The van der Waals surface area contributed by atoms with Crippen LogP contribution in [0.15, 0.2) is 22.0 Å². The Bertz CT molecular complexity index is 980. The molecular weight excluding hydrogens is 286 g/mol. The number of nitrogens with one attached hydrogen (secondary N) is 1. The SMILES string of the molecule is Cn1nnc2c(=O)n(Cc3cc(=O)[nH]c(C4CC4)n3)cnc21. The third-order valence-corrected chi connectivity index (χ3v) is 3.69. The van der Waals surface area contributed by atoms with Crippen LogP contribution in [-0.2, 0) is 13.6 Å². The third kappa shape index (κ3) is 2.10. The van der Waals surface area contributed by atoms with Crippen LogP contribution in [0.5, 0.6) is 0 Å². The van der Waals surface area contributed by atoms with Crippen molar-refractivity contribution >= 4 is 11.2 Å². The standard InChI is InChI=1S/C13H13N7O2/c1-19-12-10(17-18-19)13(22)20(6-14-12)5-8-4-9(21)16-11(15-8)7-2-3-7/h4,6-7H,2-3,5H2,1H3,(H,15,16,21). The Kier molecular flexibility index (Phi) is 2.68. The molecule has 0 saturated heterocycles. The molecule has 22 heavy (non-hydrogen) atoms. The molecule has 9 nitrogen and oxygen atoms in total.